The van der Waals surface area contributed by atoms with Gasteiger partial charge in [-0.25, -0.2) is 15.0 Å². The fraction of sp³-hybridized carbons (Fsp3) is 0.280. The number of amides is 4. The number of nitrogens with one attached hydrogen (secondary N) is 1. The molecule has 1 aromatic carbocycles. The van der Waals surface area contributed by atoms with Crippen LogP contribution >= 0.6 is 11.5 Å². The number of carbonyl (C=O) groups excluding carboxylic acids is 4. The molecule has 37 heavy (non-hydrogen) atoms. The van der Waals surface area contributed by atoms with E-state index in [0.717, 1.165) is 21.7 Å². The van der Waals surface area contributed by atoms with Crippen molar-refractivity contribution in [2.75, 3.05) is 6.54 Å². The molecule has 1 N–H and O–H groups in total. The van der Waals surface area contributed by atoms with Gasteiger partial charge in [-0.3, -0.25) is 29.4 Å². The molecule has 0 radical (unpaired) electrons. The van der Waals surface area contributed by atoms with E-state index in [1.165, 1.54) is 17.9 Å². The molecule has 0 saturated carbocycles. The summed E-state index contributed by atoms with van der Waals surface area (Å²) in [5.74, 6) is -1.37. The van der Waals surface area contributed by atoms with Crippen molar-refractivity contribution >= 4 is 35.2 Å². The van der Waals surface area contributed by atoms with Crippen LogP contribution in [0.25, 0.3) is 22.6 Å². The first-order valence-electron chi connectivity index (χ1n) is 11.9. The van der Waals surface area contributed by atoms with Gasteiger partial charge in [0.15, 0.2) is 5.82 Å². The van der Waals surface area contributed by atoms with Crippen molar-refractivity contribution in [1.29, 1.82) is 0 Å². The van der Waals surface area contributed by atoms with E-state index in [-0.39, 0.29) is 12.8 Å². The molecule has 11 nitrogen and oxygen atoms in total. The molecule has 3 aromatic rings. The van der Waals surface area contributed by atoms with Crippen LogP contribution in [-0.2, 0) is 25.7 Å². The van der Waals surface area contributed by atoms with Gasteiger partial charge < -0.3 is 4.90 Å². The van der Waals surface area contributed by atoms with Crippen LogP contribution in [0, 0.1) is 0 Å². The summed E-state index contributed by atoms with van der Waals surface area (Å²) in [5.41, 5.74) is 3.30. The maximum atomic E-state index is 13.4. The summed E-state index contributed by atoms with van der Waals surface area (Å²) in [6.07, 6.45) is 4.58. The normalized spacial score (nSPS) is 19.9. The van der Waals surface area contributed by atoms with Gasteiger partial charge >= 0.3 is 0 Å². The standard InChI is InChI=1S/C25H21N7O4S/c33-19-7-6-18(23(34)28-19)32-24(35)16-5-2-10-31(21(16)25(32)36)12-20-29-22(30-37-20)15-4-1-3-14(11-15)17-8-9-26-13-27-17/h1,3-4,8-9,11,13,18H,2,5-7,10,12H2,(H,28,33,34). The van der Waals surface area contributed by atoms with Crippen LogP contribution in [0.5, 0.6) is 0 Å². The Morgan fingerprint density at radius 1 is 1.05 bits per heavy atom. The Balaban J connectivity index is 1.22. The van der Waals surface area contributed by atoms with E-state index >= 15 is 0 Å². The topological polar surface area (TPSA) is 138 Å². The lowest BCUT2D eigenvalue weighted by Crippen LogP contribution is -2.55. The SMILES string of the molecule is O=C1CCC(N2C(=O)C3=C(C2=O)N(Cc2nc(-c4cccc(-c5ccncn5)c4)ns2)CCC3)C(=O)N1. The molecule has 1 fully saturated rings. The molecule has 6 rings (SSSR count). The lowest BCUT2D eigenvalue weighted by Gasteiger charge is -2.30. The predicted molar refractivity (Wildman–Crippen MR) is 131 cm³/mol. The van der Waals surface area contributed by atoms with Gasteiger partial charge in [-0.15, -0.1) is 0 Å². The van der Waals surface area contributed by atoms with Gasteiger partial charge in [0, 0.05) is 35.9 Å². The number of aromatic nitrogens is 4. The summed E-state index contributed by atoms with van der Waals surface area (Å²) >= 11 is 1.24. The van der Waals surface area contributed by atoms with E-state index in [1.807, 2.05) is 35.2 Å². The first kappa shape index (κ1) is 23.1. The number of hydrogen-bond donors (Lipinski definition) is 1. The molecular formula is C25H21N7O4S. The Morgan fingerprint density at radius 2 is 1.92 bits per heavy atom. The Morgan fingerprint density at radius 3 is 2.73 bits per heavy atom. The van der Waals surface area contributed by atoms with Crippen LogP contribution in [0.4, 0.5) is 0 Å². The first-order valence-corrected chi connectivity index (χ1v) is 12.7. The quantitative estimate of drug-likeness (QED) is 0.503. The van der Waals surface area contributed by atoms with Gasteiger partial charge in [-0.1, -0.05) is 18.2 Å². The number of hydrogen-bond acceptors (Lipinski definition) is 10. The number of nitrogens with zero attached hydrogens (tertiary/aromatic N) is 6. The zero-order valence-electron chi connectivity index (χ0n) is 19.6. The van der Waals surface area contributed by atoms with Crippen molar-refractivity contribution in [3.8, 4) is 22.6 Å². The minimum Gasteiger partial charge on any atom is -0.360 e. The highest BCUT2D eigenvalue weighted by molar-refractivity contribution is 7.05. The van der Waals surface area contributed by atoms with Crippen LogP contribution in [-0.4, -0.2) is 65.3 Å². The molecule has 1 saturated heterocycles. The monoisotopic (exact) mass is 515 g/mol. The largest absolute Gasteiger partial charge is 0.360 e. The zero-order valence-corrected chi connectivity index (χ0v) is 20.4. The van der Waals surface area contributed by atoms with Gasteiger partial charge in [0.1, 0.15) is 23.1 Å². The van der Waals surface area contributed by atoms with Crippen molar-refractivity contribution < 1.29 is 19.2 Å². The van der Waals surface area contributed by atoms with Crippen molar-refractivity contribution in [2.45, 2.75) is 38.3 Å². The zero-order chi connectivity index (χ0) is 25.5. The van der Waals surface area contributed by atoms with Gasteiger partial charge in [0.25, 0.3) is 11.8 Å². The second kappa shape index (κ2) is 9.28. The van der Waals surface area contributed by atoms with Gasteiger partial charge in [-0.2, -0.15) is 4.37 Å². The molecular weight excluding hydrogens is 494 g/mol. The highest BCUT2D eigenvalue weighted by Gasteiger charge is 2.48. The van der Waals surface area contributed by atoms with Crippen LogP contribution in [0.3, 0.4) is 0 Å². The molecule has 1 atom stereocenters. The van der Waals surface area contributed by atoms with Gasteiger partial charge in [0.05, 0.1) is 12.2 Å². The number of piperidine rings is 1. The molecule has 1 unspecified atom stereocenters. The van der Waals surface area contributed by atoms with E-state index in [9.17, 15) is 19.2 Å². The Kier molecular flexibility index (Phi) is 5.80. The molecule has 3 aliphatic rings. The fourth-order valence-corrected chi connectivity index (χ4v) is 5.62. The Bertz CT molecular complexity index is 1470. The average Bonchev–Trinajstić information content (AvgIpc) is 3.48. The van der Waals surface area contributed by atoms with E-state index < -0.39 is 29.7 Å². The molecule has 186 valence electrons. The van der Waals surface area contributed by atoms with Crippen molar-refractivity contribution in [2.24, 2.45) is 0 Å². The highest BCUT2D eigenvalue weighted by Crippen LogP contribution is 2.35. The minimum atomic E-state index is -0.972. The van der Waals surface area contributed by atoms with E-state index in [1.54, 1.807) is 6.20 Å². The predicted octanol–water partition coefficient (Wildman–Crippen LogP) is 1.69. The number of benzene rings is 1. The molecule has 0 spiro atoms. The third kappa shape index (κ3) is 4.18. The number of imide groups is 2. The summed E-state index contributed by atoms with van der Waals surface area (Å²) in [6, 6.07) is 8.63. The maximum absolute atomic E-state index is 13.4. The lowest BCUT2D eigenvalue weighted by atomic mass is 10.0. The second-order valence-corrected chi connectivity index (χ2v) is 9.82. The molecule has 3 aliphatic heterocycles. The van der Waals surface area contributed by atoms with Crippen molar-refractivity contribution in [3.05, 3.63) is 59.1 Å². The third-order valence-electron chi connectivity index (χ3n) is 6.67. The third-order valence-corrected chi connectivity index (χ3v) is 7.37. The fourth-order valence-electron chi connectivity index (χ4n) is 4.94. The number of carbonyl (C=O) groups is 4. The number of rotatable bonds is 5. The summed E-state index contributed by atoms with van der Waals surface area (Å²) in [6.45, 7) is 0.906. The lowest BCUT2D eigenvalue weighted by molar-refractivity contribution is -0.150. The molecule has 5 heterocycles. The minimum absolute atomic E-state index is 0.0911. The molecule has 0 bridgehead atoms. The van der Waals surface area contributed by atoms with Crippen molar-refractivity contribution in [3.63, 3.8) is 0 Å². The smallest absolute Gasteiger partial charge is 0.278 e. The summed E-state index contributed by atoms with van der Waals surface area (Å²) in [5, 5.41) is 2.94. The van der Waals surface area contributed by atoms with Gasteiger partial charge in [0.2, 0.25) is 11.8 Å². The average molecular weight is 516 g/mol. The highest BCUT2D eigenvalue weighted by atomic mass is 32.1. The molecule has 12 heteroatoms. The Hall–Kier alpha value is -4.32. The van der Waals surface area contributed by atoms with Crippen LogP contribution in [0.2, 0.25) is 0 Å². The van der Waals surface area contributed by atoms with E-state index in [0.29, 0.717) is 48.0 Å². The van der Waals surface area contributed by atoms with Crippen LogP contribution in [0.1, 0.15) is 30.7 Å². The summed E-state index contributed by atoms with van der Waals surface area (Å²) in [4.78, 5) is 66.3. The molecule has 2 aromatic heterocycles. The summed E-state index contributed by atoms with van der Waals surface area (Å²) in [7, 11) is 0. The Labute approximate surface area is 215 Å². The van der Waals surface area contributed by atoms with Gasteiger partial charge in [-0.05, 0) is 42.9 Å². The summed E-state index contributed by atoms with van der Waals surface area (Å²) < 4.78 is 4.52. The van der Waals surface area contributed by atoms with E-state index in [2.05, 4.69) is 19.7 Å². The van der Waals surface area contributed by atoms with Crippen LogP contribution in [0.15, 0.2) is 54.1 Å². The molecule has 0 aliphatic carbocycles. The molecule has 4 amide bonds. The first-order chi connectivity index (χ1) is 18.0. The maximum Gasteiger partial charge on any atom is 0.278 e. The van der Waals surface area contributed by atoms with Crippen LogP contribution < -0.4 is 5.32 Å². The second-order valence-electron chi connectivity index (χ2n) is 8.99. The van der Waals surface area contributed by atoms with Crippen molar-refractivity contribution in [1.82, 2.24) is 34.4 Å². The van der Waals surface area contributed by atoms with E-state index in [4.69, 9.17) is 4.98 Å².